The molecule has 1 aliphatic rings. The number of alkyl halides is 3. The maximum Gasteiger partial charge on any atom is 0.435 e. The Bertz CT molecular complexity index is 1740. The highest BCUT2D eigenvalue weighted by Gasteiger charge is 2.38. The minimum absolute atomic E-state index is 0.120. The van der Waals surface area contributed by atoms with Gasteiger partial charge in [0.2, 0.25) is 0 Å². The quantitative estimate of drug-likeness (QED) is 0.312. The minimum atomic E-state index is -4.69. The van der Waals surface area contributed by atoms with Crippen molar-refractivity contribution in [3.8, 4) is 11.3 Å². The lowest BCUT2D eigenvalue weighted by molar-refractivity contribution is -0.141. The van der Waals surface area contributed by atoms with Crippen LogP contribution in [0.2, 0.25) is 5.02 Å². The van der Waals surface area contributed by atoms with Gasteiger partial charge in [-0.25, -0.2) is 9.97 Å². The molecule has 5 aromatic rings. The predicted octanol–water partition coefficient (Wildman–Crippen LogP) is 3.84. The molecule has 1 fully saturated rings. The van der Waals surface area contributed by atoms with E-state index in [1.807, 2.05) is 0 Å². The summed E-state index contributed by atoms with van der Waals surface area (Å²) in [7, 11) is 1.73. The number of rotatable bonds is 6. The Hall–Kier alpha value is -4.43. The molecule has 212 valence electrons. The Morgan fingerprint density at radius 1 is 1.15 bits per heavy atom. The molecule has 1 saturated heterocycles. The number of nitrogens with one attached hydrogen (secondary N) is 2. The minimum Gasteiger partial charge on any atom is -0.337 e. The molecule has 15 heteroatoms. The van der Waals surface area contributed by atoms with E-state index in [9.17, 15) is 18.0 Å². The molecule has 0 spiro atoms. The molecule has 1 amide bonds. The van der Waals surface area contributed by atoms with Gasteiger partial charge in [0.05, 0.1) is 40.8 Å². The molecular formula is C26H24ClF3N10O. The highest BCUT2D eigenvalue weighted by molar-refractivity contribution is 6.34. The molecule has 4 aromatic heterocycles. The fourth-order valence-electron chi connectivity index (χ4n) is 4.79. The number of anilines is 2. The van der Waals surface area contributed by atoms with Crippen molar-refractivity contribution < 1.29 is 18.0 Å². The first-order valence-electron chi connectivity index (χ1n) is 12.7. The van der Waals surface area contributed by atoms with Crippen LogP contribution in [0.4, 0.5) is 24.7 Å². The van der Waals surface area contributed by atoms with Crippen molar-refractivity contribution in [3.05, 3.63) is 77.2 Å². The number of carbonyl (C=O) groups is 1. The Kier molecular flexibility index (Phi) is 6.87. The van der Waals surface area contributed by atoms with Crippen LogP contribution in [0, 0.1) is 0 Å². The van der Waals surface area contributed by atoms with Crippen LogP contribution in [0.25, 0.3) is 16.9 Å². The largest absolute Gasteiger partial charge is 0.435 e. The van der Waals surface area contributed by atoms with Gasteiger partial charge in [-0.05, 0) is 18.2 Å². The smallest absolute Gasteiger partial charge is 0.337 e. The second-order valence-electron chi connectivity index (χ2n) is 9.58. The number of imidazole rings is 1. The summed E-state index contributed by atoms with van der Waals surface area (Å²) in [6.07, 6.45) is 4.29. The summed E-state index contributed by atoms with van der Waals surface area (Å²) in [6, 6.07) is 4.94. The zero-order valence-electron chi connectivity index (χ0n) is 21.7. The van der Waals surface area contributed by atoms with Crippen LogP contribution in [-0.4, -0.2) is 70.9 Å². The first kappa shape index (κ1) is 26.8. The summed E-state index contributed by atoms with van der Waals surface area (Å²) < 4.78 is 46.4. The third-order valence-corrected chi connectivity index (χ3v) is 7.02. The van der Waals surface area contributed by atoms with E-state index in [0.717, 1.165) is 13.1 Å². The van der Waals surface area contributed by atoms with Crippen molar-refractivity contribution in [2.45, 2.75) is 12.7 Å². The average Bonchev–Trinajstić information content (AvgIpc) is 3.67. The first-order valence-corrected chi connectivity index (χ1v) is 13.1. The average molecular weight is 585 g/mol. The molecule has 0 bridgehead atoms. The normalized spacial score (nSPS) is 14.1. The number of piperazine rings is 1. The molecule has 6 rings (SSSR count). The van der Waals surface area contributed by atoms with E-state index in [4.69, 9.17) is 11.6 Å². The molecule has 0 atom stereocenters. The van der Waals surface area contributed by atoms with E-state index < -0.39 is 11.9 Å². The van der Waals surface area contributed by atoms with Gasteiger partial charge in [0.25, 0.3) is 5.91 Å². The van der Waals surface area contributed by atoms with E-state index in [-0.39, 0.29) is 28.7 Å². The lowest BCUT2D eigenvalue weighted by Gasteiger charge is -2.27. The number of hydrogen-bond donors (Lipinski definition) is 2. The van der Waals surface area contributed by atoms with Gasteiger partial charge in [0.15, 0.2) is 17.2 Å². The lowest BCUT2D eigenvalue weighted by Crippen LogP contribution is -2.46. The summed E-state index contributed by atoms with van der Waals surface area (Å²) >= 11 is 6.47. The number of aryl methyl sites for hydroxylation is 1. The van der Waals surface area contributed by atoms with Crippen molar-refractivity contribution in [3.63, 3.8) is 0 Å². The topological polar surface area (TPSA) is 110 Å². The molecule has 41 heavy (non-hydrogen) atoms. The fourth-order valence-corrected chi connectivity index (χ4v) is 5.05. The number of halogens is 4. The molecule has 11 nitrogen and oxygen atoms in total. The maximum atomic E-state index is 14.0. The molecule has 1 aliphatic heterocycles. The standard InChI is InChI=1S/C26H24ClF3N10O/c1-37-13-16(11-34-37)14-39-15-19(22(36-39)26(28,29)30)21-12-33-24-23(32-6-9-40(21)24)35-17-2-3-18(20(27)10-17)25(41)38-7-4-31-5-8-38/h2-3,6,9-13,15,31H,4-5,7-8,14H2,1H3,(H,32,35). The molecule has 0 saturated carbocycles. The highest BCUT2D eigenvalue weighted by atomic mass is 35.5. The van der Waals surface area contributed by atoms with Gasteiger partial charge in [-0.3, -0.25) is 18.6 Å². The Morgan fingerprint density at radius 3 is 2.66 bits per heavy atom. The maximum absolute atomic E-state index is 14.0. The van der Waals surface area contributed by atoms with Crippen molar-refractivity contribution in [1.29, 1.82) is 0 Å². The molecular weight excluding hydrogens is 561 g/mol. The number of aromatic nitrogens is 7. The summed E-state index contributed by atoms with van der Waals surface area (Å²) in [5, 5.41) is 14.5. The molecule has 1 aromatic carbocycles. The van der Waals surface area contributed by atoms with Crippen LogP contribution in [0.1, 0.15) is 21.6 Å². The van der Waals surface area contributed by atoms with E-state index in [0.29, 0.717) is 41.4 Å². The van der Waals surface area contributed by atoms with Crippen LogP contribution < -0.4 is 10.6 Å². The molecule has 0 unspecified atom stereocenters. The van der Waals surface area contributed by atoms with Gasteiger partial charge < -0.3 is 15.5 Å². The zero-order valence-corrected chi connectivity index (χ0v) is 22.5. The summed E-state index contributed by atoms with van der Waals surface area (Å²) in [6.45, 7) is 2.76. The molecule has 0 radical (unpaired) electrons. The van der Waals surface area contributed by atoms with E-state index >= 15 is 0 Å². The Balaban J connectivity index is 1.30. The summed E-state index contributed by atoms with van der Waals surface area (Å²) in [5.74, 6) is 0.151. The number of amides is 1. The second kappa shape index (κ2) is 10.5. The third kappa shape index (κ3) is 5.35. The van der Waals surface area contributed by atoms with E-state index in [2.05, 4.69) is 30.8 Å². The number of carbonyl (C=O) groups excluding carboxylic acids is 1. The number of hydrogen-bond acceptors (Lipinski definition) is 7. The van der Waals surface area contributed by atoms with Crippen molar-refractivity contribution in [2.24, 2.45) is 7.05 Å². The second-order valence-corrected chi connectivity index (χ2v) is 9.99. The lowest BCUT2D eigenvalue weighted by atomic mass is 10.1. The molecule has 0 aliphatic carbocycles. The van der Waals surface area contributed by atoms with Crippen LogP contribution in [0.5, 0.6) is 0 Å². The molecule has 5 heterocycles. The SMILES string of the molecule is Cn1cc(Cn2cc(-c3cnc4c(Nc5ccc(C(=O)N6CCNCC6)c(Cl)c5)nccn34)c(C(F)(F)F)n2)cn1. The van der Waals surface area contributed by atoms with Gasteiger partial charge in [-0.15, -0.1) is 0 Å². The number of benzene rings is 1. The van der Waals surface area contributed by atoms with E-state index in [1.165, 1.54) is 33.9 Å². The third-order valence-electron chi connectivity index (χ3n) is 6.70. The van der Waals surface area contributed by atoms with Crippen LogP contribution >= 0.6 is 11.6 Å². The number of fused-ring (bicyclic) bond motifs is 1. The van der Waals surface area contributed by atoms with Crippen molar-refractivity contribution in [1.82, 2.24) is 44.1 Å². The van der Waals surface area contributed by atoms with Crippen LogP contribution in [0.3, 0.4) is 0 Å². The van der Waals surface area contributed by atoms with Crippen LogP contribution in [0.15, 0.2) is 55.4 Å². The van der Waals surface area contributed by atoms with Gasteiger partial charge in [0, 0.05) is 69.3 Å². The number of nitrogens with zero attached hydrogens (tertiary/aromatic N) is 8. The highest BCUT2D eigenvalue weighted by Crippen LogP contribution is 2.37. The van der Waals surface area contributed by atoms with Crippen molar-refractivity contribution >= 4 is 34.7 Å². The zero-order chi connectivity index (χ0) is 28.7. The Morgan fingerprint density at radius 2 is 1.95 bits per heavy atom. The van der Waals surface area contributed by atoms with Crippen LogP contribution in [-0.2, 0) is 19.8 Å². The van der Waals surface area contributed by atoms with Gasteiger partial charge in [-0.1, -0.05) is 11.6 Å². The van der Waals surface area contributed by atoms with Crippen molar-refractivity contribution in [2.75, 3.05) is 31.5 Å². The first-order chi connectivity index (χ1) is 19.7. The van der Waals surface area contributed by atoms with Gasteiger partial charge >= 0.3 is 6.18 Å². The summed E-state index contributed by atoms with van der Waals surface area (Å²) in [5.41, 5.74) is 0.992. The monoisotopic (exact) mass is 584 g/mol. The Labute approximate surface area is 236 Å². The summed E-state index contributed by atoms with van der Waals surface area (Å²) in [4.78, 5) is 23.3. The van der Waals surface area contributed by atoms with E-state index in [1.54, 1.807) is 47.2 Å². The van der Waals surface area contributed by atoms with Gasteiger partial charge in [0.1, 0.15) is 0 Å². The predicted molar refractivity (Wildman–Crippen MR) is 145 cm³/mol. The fraction of sp³-hybridized carbons (Fsp3) is 0.269. The van der Waals surface area contributed by atoms with Gasteiger partial charge in [-0.2, -0.15) is 23.4 Å². The molecule has 2 N–H and O–H groups in total.